The van der Waals surface area contributed by atoms with Crippen LogP contribution in [0.25, 0.3) is 11.0 Å². The zero-order chi connectivity index (χ0) is 21.9. The Kier molecular flexibility index (Phi) is 7.07. The molecule has 1 N–H and O–H groups in total. The summed E-state index contributed by atoms with van der Waals surface area (Å²) in [6.07, 6.45) is 1.08. The van der Waals surface area contributed by atoms with E-state index in [2.05, 4.69) is 9.71 Å². The van der Waals surface area contributed by atoms with Crippen molar-refractivity contribution in [2.75, 3.05) is 24.7 Å². The van der Waals surface area contributed by atoms with Gasteiger partial charge in [-0.05, 0) is 49.4 Å². The molecule has 0 aliphatic heterocycles. The molecule has 1 unspecified atom stereocenters. The van der Waals surface area contributed by atoms with Crippen molar-refractivity contribution in [2.45, 2.75) is 23.9 Å². The summed E-state index contributed by atoms with van der Waals surface area (Å²) >= 11 is 7.46. The smallest absolute Gasteiger partial charge is 0.229 e. The molecule has 160 valence electrons. The molecule has 0 spiro atoms. The maximum atomic E-state index is 12.9. The highest BCUT2D eigenvalue weighted by Gasteiger charge is 2.21. The molecule has 1 heterocycles. The molecule has 3 rings (SSSR count). The number of hydrogen-bond acceptors (Lipinski definition) is 6. The van der Waals surface area contributed by atoms with Gasteiger partial charge in [0.05, 0.1) is 29.1 Å². The van der Waals surface area contributed by atoms with Crippen molar-refractivity contribution < 1.29 is 17.9 Å². The monoisotopic (exact) mass is 467 g/mol. The summed E-state index contributed by atoms with van der Waals surface area (Å²) in [7, 11) is -1.73. The molecule has 0 radical (unpaired) electrons. The number of thioether (sulfide) groups is 1. The van der Waals surface area contributed by atoms with E-state index in [0.717, 1.165) is 17.3 Å². The van der Waals surface area contributed by atoms with Gasteiger partial charge in [-0.3, -0.25) is 9.52 Å². The SMILES string of the molecule is COCCn1c(SC(C)C(=O)c2ccc(NS(C)(=O)=O)cc2)nc2cc(Cl)ccc21. The summed E-state index contributed by atoms with van der Waals surface area (Å²) < 4.78 is 32.3. The number of aromatic nitrogens is 2. The molecule has 0 bridgehead atoms. The number of rotatable bonds is 9. The fourth-order valence-corrected chi connectivity index (χ4v) is 4.69. The molecular weight excluding hydrogens is 446 g/mol. The number of ketones is 1. The van der Waals surface area contributed by atoms with Gasteiger partial charge in [0.2, 0.25) is 10.0 Å². The molecular formula is C20H22ClN3O4S2. The molecule has 1 aromatic heterocycles. The number of benzene rings is 2. The quantitative estimate of drug-likeness (QED) is 0.377. The molecule has 0 aliphatic rings. The van der Waals surface area contributed by atoms with E-state index in [1.807, 2.05) is 23.6 Å². The van der Waals surface area contributed by atoms with Crippen LogP contribution in [0.3, 0.4) is 0 Å². The van der Waals surface area contributed by atoms with Gasteiger partial charge in [-0.15, -0.1) is 0 Å². The number of nitrogens with one attached hydrogen (secondary N) is 1. The van der Waals surface area contributed by atoms with E-state index in [0.29, 0.717) is 34.6 Å². The molecule has 3 aromatic rings. The molecule has 0 fully saturated rings. The second-order valence-corrected chi connectivity index (χ2v) is 10.2. The molecule has 1 atom stereocenters. The molecule has 0 amide bonds. The summed E-state index contributed by atoms with van der Waals surface area (Å²) in [6, 6.07) is 11.9. The number of fused-ring (bicyclic) bond motifs is 1. The Hall–Kier alpha value is -2.07. The number of hydrogen-bond donors (Lipinski definition) is 1. The zero-order valence-electron chi connectivity index (χ0n) is 16.8. The third-order valence-electron chi connectivity index (χ3n) is 4.32. The fourth-order valence-electron chi connectivity index (χ4n) is 2.93. The van der Waals surface area contributed by atoms with Crippen molar-refractivity contribution in [3.05, 3.63) is 53.1 Å². The first-order valence-corrected chi connectivity index (χ1v) is 12.3. The van der Waals surface area contributed by atoms with Crippen molar-refractivity contribution in [1.29, 1.82) is 0 Å². The summed E-state index contributed by atoms with van der Waals surface area (Å²) in [5, 5.41) is 0.912. The highest BCUT2D eigenvalue weighted by molar-refractivity contribution is 8.00. The van der Waals surface area contributed by atoms with Crippen LogP contribution >= 0.6 is 23.4 Å². The summed E-state index contributed by atoms with van der Waals surface area (Å²) in [5.41, 5.74) is 2.59. The van der Waals surface area contributed by atoms with E-state index in [-0.39, 0.29) is 5.78 Å². The van der Waals surface area contributed by atoms with Crippen LogP contribution in [0.5, 0.6) is 0 Å². The highest BCUT2D eigenvalue weighted by atomic mass is 35.5. The Morgan fingerprint density at radius 1 is 1.27 bits per heavy atom. The third kappa shape index (κ3) is 5.54. The third-order valence-corrected chi connectivity index (χ3v) is 6.25. The molecule has 2 aromatic carbocycles. The number of ether oxygens (including phenoxy) is 1. The van der Waals surface area contributed by atoms with Crippen LogP contribution in [0.2, 0.25) is 5.02 Å². The fraction of sp³-hybridized carbons (Fsp3) is 0.300. The standard InChI is InChI=1S/C20H22ClN3O4S2/c1-13(19(25)14-4-7-16(8-5-14)23-30(3,26)27)29-20-22-17-12-15(21)6-9-18(17)24(20)10-11-28-2/h4-9,12-13,23H,10-11H2,1-3H3. The Bertz CT molecular complexity index is 1160. The lowest BCUT2D eigenvalue weighted by atomic mass is 10.1. The number of nitrogens with zero attached hydrogens (tertiary/aromatic N) is 2. The number of carbonyl (C=O) groups is 1. The minimum atomic E-state index is -3.37. The van der Waals surface area contributed by atoms with Crippen LogP contribution in [0.15, 0.2) is 47.6 Å². The minimum absolute atomic E-state index is 0.0747. The van der Waals surface area contributed by atoms with Gasteiger partial charge in [0.25, 0.3) is 0 Å². The largest absolute Gasteiger partial charge is 0.383 e. The van der Waals surface area contributed by atoms with Gasteiger partial charge < -0.3 is 9.30 Å². The highest BCUT2D eigenvalue weighted by Crippen LogP contribution is 2.30. The molecule has 0 saturated carbocycles. The second-order valence-electron chi connectivity index (χ2n) is 6.75. The predicted molar refractivity (Wildman–Crippen MR) is 121 cm³/mol. The Morgan fingerprint density at radius 2 is 1.97 bits per heavy atom. The number of sulfonamides is 1. The average molecular weight is 468 g/mol. The number of carbonyl (C=O) groups excluding carboxylic acids is 1. The molecule has 0 saturated heterocycles. The first-order valence-electron chi connectivity index (χ1n) is 9.11. The van der Waals surface area contributed by atoms with Gasteiger partial charge in [-0.2, -0.15) is 0 Å². The molecule has 0 aliphatic carbocycles. The number of imidazole rings is 1. The Morgan fingerprint density at radius 3 is 2.60 bits per heavy atom. The van der Waals surface area contributed by atoms with E-state index in [9.17, 15) is 13.2 Å². The summed E-state index contributed by atoms with van der Waals surface area (Å²) in [4.78, 5) is 17.6. The number of halogens is 1. The number of anilines is 1. The van der Waals surface area contributed by atoms with Crippen LogP contribution in [0.4, 0.5) is 5.69 Å². The Balaban J connectivity index is 1.81. The molecule has 7 nitrogen and oxygen atoms in total. The zero-order valence-corrected chi connectivity index (χ0v) is 19.1. The van der Waals surface area contributed by atoms with E-state index in [4.69, 9.17) is 16.3 Å². The summed E-state index contributed by atoms with van der Waals surface area (Å²) in [6.45, 7) is 2.94. The van der Waals surface area contributed by atoms with Crippen molar-refractivity contribution in [2.24, 2.45) is 0 Å². The van der Waals surface area contributed by atoms with Crippen molar-refractivity contribution >= 4 is 55.9 Å². The average Bonchev–Trinajstić information content (AvgIpc) is 3.01. The van der Waals surface area contributed by atoms with E-state index in [1.54, 1.807) is 37.4 Å². The van der Waals surface area contributed by atoms with Crippen molar-refractivity contribution in [1.82, 2.24) is 9.55 Å². The predicted octanol–water partition coefficient (Wildman–Crippen LogP) is 4.07. The van der Waals surface area contributed by atoms with Gasteiger partial charge in [-0.1, -0.05) is 23.4 Å². The lowest BCUT2D eigenvalue weighted by Crippen LogP contribution is -2.15. The number of methoxy groups -OCH3 is 1. The second kappa shape index (κ2) is 9.38. The number of Topliss-reactive ketones (excluding diaryl/α,β-unsaturated/α-hetero) is 1. The normalized spacial score (nSPS) is 12.8. The van der Waals surface area contributed by atoms with Gasteiger partial charge in [0.1, 0.15) is 0 Å². The lowest BCUT2D eigenvalue weighted by Gasteiger charge is -2.13. The van der Waals surface area contributed by atoms with E-state index < -0.39 is 15.3 Å². The van der Waals surface area contributed by atoms with Gasteiger partial charge >= 0.3 is 0 Å². The molecule has 30 heavy (non-hydrogen) atoms. The van der Waals surface area contributed by atoms with Gasteiger partial charge in [0.15, 0.2) is 10.9 Å². The topological polar surface area (TPSA) is 90.3 Å². The minimum Gasteiger partial charge on any atom is -0.383 e. The first kappa shape index (κ1) is 22.6. The lowest BCUT2D eigenvalue weighted by molar-refractivity contribution is 0.0994. The molecule has 10 heteroatoms. The van der Waals surface area contributed by atoms with Crippen LogP contribution in [-0.2, 0) is 21.3 Å². The van der Waals surface area contributed by atoms with Crippen LogP contribution in [0.1, 0.15) is 17.3 Å². The van der Waals surface area contributed by atoms with Crippen molar-refractivity contribution in [3.8, 4) is 0 Å². The van der Waals surface area contributed by atoms with E-state index in [1.165, 1.54) is 11.8 Å². The van der Waals surface area contributed by atoms with Crippen molar-refractivity contribution in [3.63, 3.8) is 0 Å². The maximum absolute atomic E-state index is 12.9. The first-order chi connectivity index (χ1) is 14.2. The van der Waals surface area contributed by atoms with E-state index >= 15 is 0 Å². The van der Waals surface area contributed by atoms with Crippen LogP contribution in [0, 0.1) is 0 Å². The Labute approximate surface area is 184 Å². The van der Waals surface area contributed by atoms with Crippen LogP contribution in [-0.4, -0.2) is 49.0 Å². The summed E-state index contributed by atoms with van der Waals surface area (Å²) in [5.74, 6) is -0.0747. The van der Waals surface area contributed by atoms with Gasteiger partial charge in [-0.25, -0.2) is 13.4 Å². The van der Waals surface area contributed by atoms with Gasteiger partial charge in [0, 0.05) is 29.9 Å². The maximum Gasteiger partial charge on any atom is 0.229 e. The van der Waals surface area contributed by atoms with Crippen LogP contribution < -0.4 is 4.72 Å².